The summed E-state index contributed by atoms with van der Waals surface area (Å²) in [6.45, 7) is 4.72. The van der Waals surface area contributed by atoms with E-state index in [2.05, 4.69) is 195 Å². The fourth-order valence-electron chi connectivity index (χ4n) is 7.95. The minimum atomic E-state index is -0.117. The maximum atomic E-state index is 2.51. The van der Waals surface area contributed by atoms with Gasteiger partial charge in [-0.05, 0) is 79.2 Å². The lowest BCUT2D eigenvalue weighted by atomic mass is 9.82. The van der Waals surface area contributed by atoms with E-state index in [-0.39, 0.29) is 5.41 Å². The summed E-state index contributed by atoms with van der Waals surface area (Å²) in [6, 6.07) is 64.5. The number of hydrogen-bond acceptors (Lipinski definition) is 1. The molecule has 0 saturated heterocycles. The predicted molar refractivity (Wildman–Crippen MR) is 205 cm³/mol. The lowest BCUT2D eigenvalue weighted by molar-refractivity contribution is 0.660. The molecule has 1 nitrogen and oxygen atoms in total. The molecule has 0 bridgehead atoms. The molecule has 1 heteroatoms. The van der Waals surface area contributed by atoms with E-state index in [1.165, 1.54) is 66.1 Å². The minimum absolute atomic E-state index is 0.117. The minimum Gasteiger partial charge on any atom is -0.309 e. The van der Waals surface area contributed by atoms with E-state index < -0.39 is 0 Å². The molecule has 0 atom stereocenters. The van der Waals surface area contributed by atoms with E-state index in [1.54, 1.807) is 0 Å². The standard InChI is InChI=1S/C47H35N/c1-47(2)42-25-12-10-22-39(42)40-29-28-35(31-43(40)47)48(44-26-13-11-23-41(44)38-24-14-19-32-15-6-8-20-36(32)38)45-30-27-33-16-7-9-21-37(33)46(45)34-17-4-3-5-18-34/h3-31H,1-2H3. The van der Waals surface area contributed by atoms with Crippen molar-refractivity contribution in [1.82, 2.24) is 0 Å². The van der Waals surface area contributed by atoms with Gasteiger partial charge in [0.15, 0.2) is 0 Å². The molecule has 9 rings (SSSR count). The highest BCUT2D eigenvalue weighted by atomic mass is 15.1. The number of para-hydroxylation sites is 1. The van der Waals surface area contributed by atoms with Crippen molar-refractivity contribution in [3.05, 3.63) is 187 Å². The highest BCUT2D eigenvalue weighted by Crippen LogP contribution is 2.52. The second-order valence-corrected chi connectivity index (χ2v) is 13.3. The van der Waals surface area contributed by atoms with Crippen LogP contribution in [0.3, 0.4) is 0 Å². The van der Waals surface area contributed by atoms with Crippen LogP contribution in [0.5, 0.6) is 0 Å². The van der Waals surface area contributed by atoms with E-state index in [4.69, 9.17) is 0 Å². The van der Waals surface area contributed by atoms with Crippen LogP contribution < -0.4 is 4.90 Å². The van der Waals surface area contributed by atoms with Crippen molar-refractivity contribution < 1.29 is 0 Å². The van der Waals surface area contributed by atoms with Crippen LogP contribution in [0.25, 0.3) is 54.9 Å². The van der Waals surface area contributed by atoms with Gasteiger partial charge in [0.1, 0.15) is 0 Å². The molecule has 0 saturated carbocycles. The van der Waals surface area contributed by atoms with E-state index in [1.807, 2.05) is 0 Å². The number of nitrogens with zero attached hydrogens (tertiary/aromatic N) is 1. The second-order valence-electron chi connectivity index (χ2n) is 13.3. The summed E-state index contributed by atoms with van der Waals surface area (Å²) in [5.74, 6) is 0. The van der Waals surface area contributed by atoms with Crippen LogP contribution in [-0.2, 0) is 5.41 Å². The second kappa shape index (κ2) is 11.1. The van der Waals surface area contributed by atoms with Crippen LogP contribution in [0.1, 0.15) is 25.0 Å². The van der Waals surface area contributed by atoms with Gasteiger partial charge >= 0.3 is 0 Å². The number of rotatable bonds is 5. The zero-order valence-electron chi connectivity index (χ0n) is 27.2. The van der Waals surface area contributed by atoms with Crippen molar-refractivity contribution >= 4 is 38.6 Å². The number of fused-ring (bicyclic) bond motifs is 5. The SMILES string of the molecule is CC1(C)c2ccccc2-c2ccc(N(c3ccccc3-c3cccc4ccccc34)c3ccc4ccccc4c3-c3ccccc3)cc21. The summed E-state index contributed by atoms with van der Waals surface area (Å²) in [5, 5.41) is 4.96. The maximum Gasteiger partial charge on any atom is 0.0546 e. The highest BCUT2D eigenvalue weighted by molar-refractivity contribution is 6.08. The van der Waals surface area contributed by atoms with Crippen molar-refractivity contribution in [2.45, 2.75) is 19.3 Å². The smallest absolute Gasteiger partial charge is 0.0546 e. The lowest BCUT2D eigenvalue weighted by Gasteiger charge is -2.32. The van der Waals surface area contributed by atoms with Gasteiger partial charge in [0.25, 0.3) is 0 Å². The van der Waals surface area contributed by atoms with Crippen LogP contribution in [0, 0.1) is 0 Å². The molecule has 0 amide bonds. The fourth-order valence-corrected chi connectivity index (χ4v) is 7.95. The Morgan fingerprint density at radius 1 is 0.396 bits per heavy atom. The van der Waals surface area contributed by atoms with Gasteiger partial charge in [-0.15, -0.1) is 0 Å². The Morgan fingerprint density at radius 3 is 1.83 bits per heavy atom. The van der Waals surface area contributed by atoms with Crippen LogP contribution >= 0.6 is 0 Å². The Labute approximate surface area is 282 Å². The van der Waals surface area contributed by atoms with Crippen LogP contribution in [0.15, 0.2) is 176 Å². The summed E-state index contributed by atoms with van der Waals surface area (Å²) in [7, 11) is 0. The molecule has 0 spiro atoms. The van der Waals surface area contributed by atoms with Crippen LogP contribution in [0.4, 0.5) is 17.1 Å². The van der Waals surface area contributed by atoms with Crippen molar-refractivity contribution in [2.24, 2.45) is 0 Å². The first-order chi connectivity index (χ1) is 23.6. The molecule has 0 aromatic heterocycles. The van der Waals surface area contributed by atoms with Crippen molar-refractivity contribution in [3.63, 3.8) is 0 Å². The van der Waals surface area contributed by atoms with E-state index >= 15 is 0 Å². The topological polar surface area (TPSA) is 3.24 Å². The molecule has 8 aromatic rings. The third kappa shape index (κ3) is 4.39. The summed E-state index contributed by atoms with van der Waals surface area (Å²) in [6.07, 6.45) is 0. The molecule has 0 heterocycles. The van der Waals surface area contributed by atoms with Gasteiger partial charge in [0.2, 0.25) is 0 Å². The lowest BCUT2D eigenvalue weighted by Crippen LogP contribution is -2.17. The average Bonchev–Trinajstić information content (AvgIpc) is 3.37. The molecule has 0 unspecified atom stereocenters. The Kier molecular flexibility index (Phi) is 6.55. The van der Waals surface area contributed by atoms with Gasteiger partial charge in [-0.25, -0.2) is 0 Å². The van der Waals surface area contributed by atoms with Crippen molar-refractivity contribution in [1.29, 1.82) is 0 Å². The van der Waals surface area contributed by atoms with Gasteiger partial charge in [-0.2, -0.15) is 0 Å². The summed E-state index contributed by atoms with van der Waals surface area (Å²) in [4.78, 5) is 2.51. The molecule has 0 radical (unpaired) electrons. The van der Waals surface area contributed by atoms with Gasteiger partial charge in [-0.1, -0.05) is 166 Å². The fraction of sp³-hybridized carbons (Fsp3) is 0.0638. The Bertz CT molecular complexity index is 2480. The van der Waals surface area contributed by atoms with Gasteiger partial charge in [0, 0.05) is 22.2 Å². The Hall–Kier alpha value is -5.92. The quantitative estimate of drug-likeness (QED) is 0.187. The Balaban J connectivity index is 1.37. The van der Waals surface area contributed by atoms with Crippen LogP contribution in [-0.4, -0.2) is 0 Å². The Morgan fingerprint density at radius 2 is 1.00 bits per heavy atom. The molecule has 1 aliphatic rings. The average molecular weight is 614 g/mol. The first-order valence-corrected chi connectivity index (χ1v) is 16.8. The zero-order valence-corrected chi connectivity index (χ0v) is 27.2. The van der Waals surface area contributed by atoms with Crippen LogP contribution in [0.2, 0.25) is 0 Å². The molecular formula is C47H35N. The molecule has 0 aliphatic heterocycles. The molecule has 48 heavy (non-hydrogen) atoms. The molecule has 228 valence electrons. The summed E-state index contributed by atoms with van der Waals surface area (Å²) >= 11 is 0. The first-order valence-electron chi connectivity index (χ1n) is 16.8. The number of anilines is 3. The largest absolute Gasteiger partial charge is 0.309 e. The molecule has 1 aliphatic carbocycles. The zero-order chi connectivity index (χ0) is 32.2. The molecule has 0 fully saturated rings. The van der Waals surface area contributed by atoms with E-state index in [0.717, 1.165) is 17.1 Å². The van der Waals surface area contributed by atoms with Crippen molar-refractivity contribution in [2.75, 3.05) is 4.90 Å². The van der Waals surface area contributed by atoms with E-state index in [0.29, 0.717) is 0 Å². The maximum absolute atomic E-state index is 2.51. The summed E-state index contributed by atoms with van der Waals surface area (Å²) in [5.41, 5.74) is 13.6. The third-order valence-corrected chi connectivity index (χ3v) is 10.3. The molecular weight excluding hydrogens is 579 g/mol. The normalized spacial score (nSPS) is 13.0. The van der Waals surface area contributed by atoms with E-state index in [9.17, 15) is 0 Å². The third-order valence-electron chi connectivity index (χ3n) is 10.3. The summed E-state index contributed by atoms with van der Waals surface area (Å²) < 4.78 is 0. The highest BCUT2D eigenvalue weighted by Gasteiger charge is 2.36. The number of benzene rings is 8. The predicted octanol–water partition coefficient (Wildman–Crippen LogP) is 13.1. The van der Waals surface area contributed by atoms with Gasteiger partial charge < -0.3 is 4.90 Å². The monoisotopic (exact) mass is 613 g/mol. The molecule has 0 N–H and O–H groups in total. The first kappa shape index (κ1) is 28.3. The number of hydrogen-bond donors (Lipinski definition) is 0. The van der Waals surface area contributed by atoms with Gasteiger partial charge in [-0.3, -0.25) is 0 Å². The van der Waals surface area contributed by atoms with Gasteiger partial charge in [0.05, 0.1) is 11.4 Å². The molecule has 8 aromatic carbocycles. The van der Waals surface area contributed by atoms with Crippen molar-refractivity contribution in [3.8, 4) is 33.4 Å².